The summed E-state index contributed by atoms with van der Waals surface area (Å²) in [6, 6.07) is 0. The van der Waals surface area contributed by atoms with Gasteiger partial charge in [-0.15, -0.1) is 0 Å². The van der Waals surface area contributed by atoms with Gasteiger partial charge in [0, 0.05) is 27.3 Å². The van der Waals surface area contributed by atoms with E-state index in [1.807, 2.05) is 11.6 Å². The average molecular weight is 266 g/mol. The molecule has 0 saturated carbocycles. The minimum atomic E-state index is -2.91. The maximum Gasteiger partial charge on any atom is 0.345 e. The molecule has 1 aliphatic rings. The fourth-order valence-electron chi connectivity index (χ4n) is 2.04. The number of methoxy groups -OCH3 is 1. The van der Waals surface area contributed by atoms with E-state index in [0.717, 1.165) is 0 Å². The number of hydrogen-bond acceptors (Lipinski definition) is 4. The third kappa shape index (κ3) is 3.50. The highest BCUT2D eigenvalue weighted by Crippen LogP contribution is 2.52. The summed E-state index contributed by atoms with van der Waals surface area (Å²) >= 11 is 0. The molecule has 0 aromatic carbocycles. The first-order chi connectivity index (χ1) is 7.93. The third-order valence-corrected chi connectivity index (χ3v) is 5.29. The zero-order valence-electron chi connectivity index (χ0n) is 11.3. The Balaban J connectivity index is 2.78. The van der Waals surface area contributed by atoms with Crippen LogP contribution in [0.2, 0.25) is 0 Å². The number of nitrogens with zero attached hydrogens (tertiary/aromatic N) is 2. The van der Waals surface area contributed by atoms with Crippen molar-refractivity contribution in [2.75, 3.05) is 48.0 Å². The highest BCUT2D eigenvalue weighted by molar-refractivity contribution is 7.53. The molecule has 0 aromatic rings. The van der Waals surface area contributed by atoms with Crippen molar-refractivity contribution in [3.05, 3.63) is 0 Å². The molecule has 102 valence electrons. The Morgan fingerprint density at radius 3 is 2.53 bits per heavy atom. The smallest absolute Gasteiger partial charge is 0.345 e. The van der Waals surface area contributed by atoms with Crippen LogP contribution in [-0.2, 0) is 18.6 Å². The molecule has 3 unspecified atom stereocenters. The van der Waals surface area contributed by atoms with Gasteiger partial charge in [0.15, 0.2) is 0 Å². The van der Waals surface area contributed by atoms with E-state index in [1.54, 1.807) is 25.9 Å². The minimum absolute atomic E-state index is 0.0207. The van der Waals surface area contributed by atoms with Crippen molar-refractivity contribution in [1.29, 1.82) is 0 Å². The Morgan fingerprint density at radius 2 is 2.06 bits per heavy atom. The lowest BCUT2D eigenvalue weighted by atomic mass is 10.2. The van der Waals surface area contributed by atoms with Crippen LogP contribution >= 0.6 is 7.67 Å². The summed E-state index contributed by atoms with van der Waals surface area (Å²) in [5.41, 5.74) is 0. The molecule has 0 aromatic heterocycles. The summed E-state index contributed by atoms with van der Waals surface area (Å²) in [5.74, 6) is 0. The predicted octanol–water partition coefficient (Wildman–Crippen LogP) is 1.04. The van der Waals surface area contributed by atoms with Crippen LogP contribution in [0.1, 0.15) is 6.92 Å². The van der Waals surface area contributed by atoms with Crippen LogP contribution in [0.15, 0.2) is 0 Å². The quantitative estimate of drug-likeness (QED) is 0.693. The summed E-state index contributed by atoms with van der Waals surface area (Å²) < 4.78 is 32.2. The lowest BCUT2D eigenvalue weighted by Gasteiger charge is -2.41. The van der Waals surface area contributed by atoms with Crippen LogP contribution in [0.25, 0.3) is 0 Å². The van der Waals surface area contributed by atoms with E-state index in [0.29, 0.717) is 19.7 Å². The second-order valence-electron chi connectivity index (χ2n) is 4.42. The van der Waals surface area contributed by atoms with Crippen molar-refractivity contribution >= 4 is 7.67 Å². The van der Waals surface area contributed by atoms with Crippen LogP contribution in [-0.4, -0.2) is 69.6 Å². The van der Waals surface area contributed by atoms with Crippen molar-refractivity contribution in [3.8, 4) is 0 Å². The van der Waals surface area contributed by atoms with Gasteiger partial charge in [0.05, 0.1) is 18.8 Å². The molecule has 0 radical (unpaired) electrons. The zero-order chi connectivity index (χ0) is 13.1. The predicted molar refractivity (Wildman–Crippen MR) is 66.1 cm³/mol. The molecule has 0 aliphatic carbocycles. The standard InChI is InChI=1S/C10H23N2O4P/c1-9-6-12(7-10(16-9)8-14-4)17(13,15-5)11(2)3/h9-10H,6-8H2,1-5H3. The molecular weight excluding hydrogens is 243 g/mol. The molecule has 0 bridgehead atoms. The first-order valence-corrected chi connectivity index (χ1v) is 7.20. The Hall–Kier alpha value is 0.0300. The van der Waals surface area contributed by atoms with Crippen molar-refractivity contribution < 1.29 is 18.6 Å². The summed E-state index contributed by atoms with van der Waals surface area (Å²) in [7, 11) is 3.72. The van der Waals surface area contributed by atoms with E-state index < -0.39 is 7.67 Å². The van der Waals surface area contributed by atoms with Crippen LogP contribution in [0.5, 0.6) is 0 Å². The van der Waals surface area contributed by atoms with Gasteiger partial charge in [0.2, 0.25) is 0 Å². The van der Waals surface area contributed by atoms with E-state index in [1.165, 1.54) is 7.11 Å². The van der Waals surface area contributed by atoms with Crippen LogP contribution in [0, 0.1) is 0 Å². The van der Waals surface area contributed by atoms with Crippen LogP contribution < -0.4 is 0 Å². The third-order valence-electron chi connectivity index (χ3n) is 2.76. The Bertz CT molecular complexity index is 287. The fraction of sp³-hybridized carbons (Fsp3) is 1.00. The molecule has 3 atom stereocenters. The summed E-state index contributed by atoms with van der Waals surface area (Å²) in [4.78, 5) is 0. The van der Waals surface area contributed by atoms with Crippen molar-refractivity contribution in [2.24, 2.45) is 0 Å². The summed E-state index contributed by atoms with van der Waals surface area (Å²) in [6.45, 7) is 3.62. The van der Waals surface area contributed by atoms with Gasteiger partial charge in [-0.3, -0.25) is 4.57 Å². The van der Waals surface area contributed by atoms with Crippen LogP contribution in [0.4, 0.5) is 0 Å². The molecule has 1 fully saturated rings. The molecule has 7 heteroatoms. The van der Waals surface area contributed by atoms with Gasteiger partial charge in [-0.1, -0.05) is 0 Å². The molecule has 0 spiro atoms. The molecule has 17 heavy (non-hydrogen) atoms. The zero-order valence-corrected chi connectivity index (χ0v) is 12.1. The maximum atomic E-state index is 12.7. The van der Waals surface area contributed by atoms with Gasteiger partial charge in [0.1, 0.15) is 0 Å². The number of hydrogen-bond donors (Lipinski definition) is 0. The van der Waals surface area contributed by atoms with Gasteiger partial charge in [-0.25, -0.2) is 9.34 Å². The molecule has 1 heterocycles. The van der Waals surface area contributed by atoms with E-state index in [-0.39, 0.29) is 12.2 Å². The van der Waals surface area contributed by atoms with Gasteiger partial charge in [-0.05, 0) is 21.0 Å². The van der Waals surface area contributed by atoms with Gasteiger partial charge >= 0.3 is 7.67 Å². The number of morpholine rings is 1. The Kier molecular flexibility index (Phi) is 5.57. The maximum absolute atomic E-state index is 12.7. The number of rotatable bonds is 5. The summed E-state index contributed by atoms with van der Waals surface area (Å²) in [6.07, 6.45) is -0.0421. The molecular formula is C10H23N2O4P. The second kappa shape index (κ2) is 6.27. The lowest BCUT2D eigenvalue weighted by Crippen LogP contribution is -2.48. The van der Waals surface area contributed by atoms with E-state index in [4.69, 9.17) is 14.0 Å². The lowest BCUT2D eigenvalue weighted by molar-refractivity contribution is -0.0858. The highest BCUT2D eigenvalue weighted by atomic mass is 31.2. The normalized spacial score (nSPS) is 30.5. The largest absolute Gasteiger partial charge is 0.382 e. The van der Waals surface area contributed by atoms with Gasteiger partial charge in [0.25, 0.3) is 0 Å². The molecule has 0 amide bonds. The topological polar surface area (TPSA) is 51.2 Å². The van der Waals surface area contributed by atoms with Gasteiger partial charge in [-0.2, -0.15) is 0 Å². The van der Waals surface area contributed by atoms with Crippen LogP contribution in [0.3, 0.4) is 0 Å². The molecule has 1 rings (SSSR count). The van der Waals surface area contributed by atoms with Crippen molar-refractivity contribution in [2.45, 2.75) is 19.1 Å². The molecule has 1 aliphatic heterocycles. The Labute approximate surface area is 103 Å². The highest BCUT2D eigenvalue weighted by Gasteiger charge is 2.39. The molecule has 6 nitrogen and oxygen atoms in total. The van der Waals surface area contributed by atoms with E-state index in [9.17, 15) is 4.57 Å². The second-order valence-corrected chi connectivity index (χ2v) is 7.13. The summed E-state index contributed by atoms with van der Waals surface area (Å²) in [5, 5.41) is 0. The fourth-order valence-corrected chi connectivity index (χ4v) is 3.93. The van der Waals surface area contributed by atoms with E-state index >= 15 is 0 Å². The van der Waals surface area contributed by atoms with E-state index in [2.05, 4.69) is 0 Å². The SMILES string of the molecule is COCC1CN(P(=O)(OC)N(C)C)CC(C)O1. The number of ether oxygens (including phenoxy) is 2. The van der Waals surface area contributed by atoms with Crippen molar-refractivity contribution in [1.82, 2.24) is 9.34 Å². The van der Waals surface area contributed by atoms with Crippen molar-refractivity contribution in [3.63, 3.8) is 0 Å². The Morgan fingerprint density at radius 1 is 1.41 bits per heavy atom. The minimum Gasteiger partial charge on any atom is -0.382 e. The first kappa shape index (κ1) is 15.1. The molecule has 0 N–H and O–H groups in total. The molecule has 1 saturated heterocycles. The van der Waals surface area contributed by atoms with Gasteiger partial charge < -0.3 is 14.0 Å². The monoisotopic (exact) mass is 266 g/mol. The average Bonchev–Trinajstić information content (AvgIpc) is 2.27. The first-order valence-electron chi connectivity index (χ1n) is 5.67.